The Morgan fingerprint density at radius 2 is 1.80 bits per heavy atom. The van der Waals surface area contributed by atoms with Crippen molar-refractivity contribution < 1.29 is 19.1 Å². The van der Waals surface area contributed by atoms with E-state index < -0.39 is 5.60 Å². The molecule has 7 rings (SSSR count). The topological polar surface area (TPSA) is 144 Å². The number of nitrogens with one attached hydrogen (secondary N) is 1. The fourth-order valence-electron chi connectivity index (χ4n) is 7.03. The summed E-state index contributed by atoms with van der Waals surface area (Å²) in [5, 5.41) is 12.9. The fourth-order valence-corrected chi connectivity index (χ4v) is 7.03. The Kier molecular flexibility index (Phi) is 9.43. The van der Waals surface area contributed by atoms with Gasteiger partial charge in [-0.25, -0.2) is 15.0 Å². The predicted molar refractivity (Wildman–Crippen MR) is 189 cm³/mol. The number of nitrogens with zero attached hydrogens (tertiary/aromatic N) is 8. The van der Waals surface area contributed by atoms with E-state index in [1.807, 2.05) is 63.4 Å². The van der Waals surface area contributed by atoms with Crippen LogP contribution in [0, 0.1) is 5.92 Å². The predicted octanol–water partition coefficient (Wildman–Crippen LogP) is 4.29. The minimum Gasteiger partial charge on any atom is -0.475 e. The smallest absolute Gasteiger partial charge is 0.213 e. The molecular weight excluding hydrogens is 634 g/mol. The molecule has 0 spiro atoms. The number of hydrogen-bond acceptors (Lipinski definition) is 11. The number of carbonyl (C=O) groups is 2. The van der Waals surface area contributed by atoms with Gasteiger partial charge >= 0.3 is 0 Å². The Morgan fingerprint density at radius 3 is 2.48 bits per heavy atom. The van der Waals surface area contributed by atoms with Crippen LogP contribution in [0.25, 0.3) is 33.5 Å². The van der Waals surface area contributed by atoms with Gasteiger partial charge in [0.05, 0.1) is 18.2 Å². The lowest BCUT2D eigenvalue weighted by Crippen LogP contribution is -2.46. The molecule has 50 heavy (non-hydrogen) atoms. The maximum atomic E-state index is 13.8. The molecule has 13 heteroatoms. The molecule has 13 nitrogen and oxygen atoms in total. The molecule has 0 amide bonds. The number of Topliss-reactive ketones (excluding diaryl/α,β-unsaturated/α-hetero) is 2. The van der Waals surface area contributed by atoms with Crippen molar-refractivity contribution in [3.8, 4) is 28.5 Å². The average Bonchev–Trinajstić information content (AvgIpc) is 3.87. The number of ketones is 2. The summed E-state index contributed by atoms with van der Waals surface area (Å²) in [5.41, 5.74) is 3.31. The number of anilines is 1. The van der Waals surface area contributed by atoms with Gasteiger partial charge in [0.15, 0.2) is 11.6 Å². The van der Waals surface area contributed by atoms with Crippen LogP contribution in [0.2, 0.25) is 0 Å². The molecule has 0 radical (unpaired) electrons. The van der Waals surface area contributed by atoms with Crippen LogP contribution in [0.15, 0.2) is 61.2 Å². The summed E-state index contributed by atoms with van der Waals surface area (Å²) in [6, 6.07) is 13.7. The molecule has 2 fully saturated rings. The van der Waals surface area contributed by atoms with Crippen LogP contribution in [0.5, 0.6) is 5.88 Å². The molecule has 2 aliphatic rings. The first-order valence-electron chi connectivity index (χ1n) is 17.2. The van der Waals surface area contributed by atoms with Gasteiger partial charge in [-0.05, 0) is 69.0 Å². The van der Waals surface area contributed by atoms with Crippen molar-refractivity contribution in [3.05, 3.63) is 66.7 Å². The number of hydrogen-bond donors (Lipinski definition) is 1. The van der Waals surface area contributed by atoms with Gasteiger partial charge in [-0.2, -0.15) is 10.2 Å². The number of rotatable bonds is 12. The van der Waals surface area contributed by atoms with E-state index in [9.17, 15) is 9.59 Å². The van der Waals surface area contributed by atoms with Crippen LogP contribution in [0.3, 0.4) is 0 Å². The Balaban J connectivity index is 0.936. The van der Waals surface area contributed by atoms with Gasteiger partial charge in [-0.3, -0.25) is 24.3 Å². The Hall–Kier alpha value is -5.01. The Labute approximate surface area is 291 Å². The third kappa shape index (κ3) is 7.01. The number of piperidine rings is 1. The van der Waals surface area contributed by atoms with Gasteiger partial charge in [0, 0.05) is 87.6 Å². The molecule has 0 aliphatic carbocycles. The minimum atomic E-state index is -0.948. The van der Waals surface area contributed by atoms with Crippen molar-refractivity contribution in [3.63, 3.8) is 0 Å². The molecule has 0 saturated carbocycles. The zero-order valence-electron chi connectivity index (χ0n) is 29.0. The van der Waals surface area contributed by atoms with Crippen LogP contribution in [0.4, 0.5) is 5.82 Å². The molecule has 6 heterocycles. The highest BCUT2D eigenvalue weighted by molar-refractivity contribution is 5.95. The molecular formula is C37H43N9O4. The SMILES string of the molecule is CO[C@@]1(C(=O)Cc2ccc3[nH]nc(-c4ccc(OC(C)C)nc4)c3c2)CCN(CC(=O)C2CCN(c3ccc(-c4ncn(C)n4)cn3)CC2)C1. The van der Waals surface area contributed by atoms with Gasteiger partial charge in [-0.15, -0.1) is 0 Å². The van der Waals surface area contributed by atoms with Crippen molar-refractivity contribution in [2.24, 2.45) is 13.0 Å². The second-order valence-corrected chi connectivity index (χ2v) is 13.6. The van der Waals surface area contributed by atoms with Gasteiger partial charge in [0.1, 0.15) is 29.2 Å². The van der Waals surface area contributed by atoms with Crippen LogP contribution in [0.1, 0.15) is 38.7 Å². The number of aromatic nitrogens is 7. The first-order chi connectivity index (χ1) is 24.2. The van der Waals surface area contributed by atoms with Crippen molar-refractivity contribution >= 4 is 28.3 Å². The number of carbonyl (C=O) groups excluding carboxylic acids is 2. The van der Waals surface area contributed by atoms with Crippen molar-refractivity contribution in [1.29, 1.82) is 0 Å². The summed E-state index contributed by atoms with van der Waals surface area (Å²) < 4.78 is 13.3. The van der Waals surface area contributed by atoms with E-state index in [-0.39, 0.29) is 30.0 Å². The molecule has 1 N–H and O–H groups in total. The molecule has 2 saturated heterocycles. The van der Waals surface area contributed by atoms with Gasteiger partial charge < -0.3 is 14.4 Å². The maximum absolute atomic E-state index is 13.8. The second kappa shape index (κ2) is 14.1. The number of fused-ring (bicyclic) bond motifs is 1. The Morgan fingerprint density at radius 1 is 1.00 bits per heavy atom. The second-order valence-electron chi connectivity index (χ2n) is 13.6. The van der Waals surface area contributed by atoms with E-state index >= 15 is 0 Å². The molecule has 2 aliphatic heterocycles. The summed E-state index contributed by atoms with van der Waals surface area (Å²) in [5.74, 6) is 2.33. The highest BCUT2D eigenvalue weighted by Gasteiger charge is 2.45. The first-order valence-corrected chi connectivity index (χ1v) is 17.2. The number of benzene rings is 1. The summed E-state index contributed by atoms with van der Waals surface area (Å²) >= 11 is 0. The van der Waals surface area contributed by atoms with E-state index in [1.54, 1.807) is 30.5 Å². The number of methoxy groups -OCH3 is 1. The number of H-pyrrole nitrogens is 1. The number of pyridine rings is 2. The largest absolute Gasteiger partial charge is 0.475 e. The van der Waals surface area contributed by atoms with Crippen molar-refractivity contribution in [2.45, 2.75) is 51.2 Å². The highest BCUT2D eigenvalue weighted by atomic mass is 16.5. The van der Waals surface area contributed by atoms with Gasteiger partial charge in [0.25, 0.3) is 0 Å². The number of aromatic amines is 1. The van der Waals surface area contributed by atoms with E-state index in [0.717, 1.165) is 65.0 Å². The molecule has 1 aromatic carbocycles. The maximum Gasteiger partial charge on any atom is 0.213 e. The van der Waals surface area contributed by atoms with E-state index in [0.29, 0.717) is 37.8 Å². The lowest BCUT2D eigenvalue weighted by atomic mass is 9.91. The quantitative estimate of drug-likeness (QED) is 0.202. The Bertz CT molecular complexity index is 1960. The minimum absolute atomic E-state index is 0.0125. The zero-order valence-corrected chi connectivity index (χ0v) is 29.0. The highest BCUT2D eigenvalue weighted by Crippen LogP contribution is 2.32. The van der Waals surface area contributed by atoms with E-state index in [2.05, 4.69) is 40.0 Å². The molecule has 5 aromatic rings. The lowest BCUT2D eigenvalue weighted by molar-refractivity contribution is -0.139. The summed E-state index contributed by atoms with van der Waals surface area (Å²) in [6.45, 7) is 6.83. The average molecular weight is 678 g/mol. The fraction of sp³-hybridized carbons (Fsp3) is 0.432. The van der Waals surface area contributed by atoms with Crippen LogP contribution in [-0.2, 0) is 27.8 Å². The first kappa shape index (κ1) is 33.5. The summed E-state index contributed by atoms with van der Waals surface area (Å²) in [7, 11) is 3.44. The monoisotopic (exact) mass is 677 g/mol. The number of aryl methyl sites for hydroxylation is 1. The molecule has 0 bridgehead atoms. The zero-order chi connectivity index (χ0) is 34.8. The van der Waals surface area contributed by atoms with Crippen molar-refractivity contribution in [2.75, 3.05) is 44.7 Å². The molecule has 260 valence electrons. The van der Waals surface area contributed by atoms with Gasteiger partial charge in [-0.1, -0.05) is 6.07 Å². The van der Waals surface area contributed by atoms with Crippen LogP contribution < -0.4 is 9.64 Å². The molecule has 4 aromatic heterocycles. The van der Waals surface area contributed by atoms with E-state index in [1.165, 1.54) is 0 Å². The number of ether oxygens (including phenoxy) is 2. The standard InChI is InChI=1S/C37H43N9O4/c1-24(2)50-34-10-7-27(19-39-34)35-29-17-25(5-8-30(29)41-42-35)18-32(48)37(49-4)13-16-45(22-37)21-31(47)26-11-14-46(15-12-26)33-9-6-28(20-38-33)36-40-23-44(3)43-36/h5-10,17,19-20,23-24,26H,11-16,18,21-22H2,1-4H3,(H,41,42)/t37-/m0/s1. The molecule has 1 atom stereocenters. The van der Waals surface area contributed by atoms with Crippen LogP contribution in [-0.4, -0.2) is 103 Å². The van der Waals surface area contributed by atoms with Crippen LogP contribution >= 0.6 is 0 Å². The summed E-state index contributed by atoms with van der Waals surface area (Å²) in [6.07, 6.45) is 7.58. The third-order valence-corrected chi connectivity index (χ3v) is 9.83. The normalized spacial score (nSPS) is 18.7. The van der Waals surface area contributed by atoms with Crippen molar-refractivity contribution in [1.82, 2.24) is 39.8 Å². The lowest BCUT2D eigenvalue weighted by Gasteiger charge is -2.33. The van der Waals surface area contributed by atoms with E-state index in [4.69, 9.17) is 9.47 Å². The summed E-state index contributed by atoms with van der Waals surface area (Å²) in [4.78, 5) is 44.9. The molecule has 0 unspecified atom stereocenters. The number of likely N-dealkylation sites (tertiary alicyclic amines) is 1. The van der Waals surface area contributed by atoms with Gasteiger partial charge in [0.2, 0.25) is 5.88 Å². The third-order valence-electron chi connectivity index (χ3n) is 9.83.